The maximum atomic E-state index is 12.8. The minimum absolute atomic E-state index is 0.125. The van der Waals surface area contributed by atoms with Gasteiger partial charge in [0.15, 0.2) is 12.4 Å². The molecular formula is C44H68O14. The Hall–Kier alpha value is -3.43. The van der Waals surface area contributed by atoms with Gasteiger partial charge in [-0.25, -0.2) is 0 Å². The standard InChI is InChI=1S/C44H68O14/c1-24(13-16-31(53-27(4)46)21-26(3)33(54-28(5)47)22-32-25(2)15-18-36(50)42(32,8)9)14-17-35-43(10,11)37(19-20-44(35,12)58-30(7)49)57-41-40(55-29(6)48)39(52)38(51)34(23-45)56-41/h13,15,21,31-35,37-41,45,51-52H,14,16-20,22-23H2,1-12H3/b24-13+,26-21+/t31-,32+,33-,34+,35+,37+,38-,39-,40+,41-,44+/m0/s1. The van der Waals surface area contributed by atoms with Crippen LogP contribution in [0.2, 0.25) is 0 Å². The minimum atomic E-state index is -1.57. The number of hydrogen-bond donors (Lipinski definition) is 3. The summed E-state index contributed by atoms with van der Waals surface area (Å²) in [6, 6.07) is 0. The van der Waals surface area contributed by atoms with E-state index < -0.39 is 95.9 Å². The number of rotatable bonds is 16. The fourth-order valence-corrected chi connectivity index (χ4v) is 9.19. The van der Waals surface area contributed by atoms with Gasteiger partial charge in [0.1, 0.15) is 41.9 Å². The van der Waals surface area contributed by atoms with Crippen LogP contribution in [0.3, 0.4) is 0 Å². The molecule has 0 bridgehead atoms. The molecule has 1 aliphatic heterocycles. The van der Waals surface area contributed by atoms with Crippen LogP contribution in [0.4, 0.5) is 0 Å². The van der Waals surface area contributed by atoms with Crippen LogP contribution < -0.4 is 0 Å². The zero-order valence-corrected chi connectivity index (χ0v) is 36.5. The van der Waals surface area contributed by atoms with E-state index in [9.17, 15) is 39.3 Å². The Morgan fingerprint density at radius 3 is 2.14 bits per heavy atom. The molecule has 3 rings (SSSR count). The molecule has 3 aliphatic rings. The Morgan fingerprint density at radius 2 is 1.57 bits per heavy atom. The third kappa shape index (κ3) is 12.3. The first-order valence-electron chi connectivity index (χ1n) is 20.4. The summed E-state index contributed by atoms with van der Waals surface area (Å²) in [6.07, 6.45) is 0.0425. The highest BCUT2D eigenvalue weighted by Crippen LogP contribution is 2.52. The topological polar surface area (TPSA) is 201 Å². The molecule has 328 valence electrons. The van der Waals surface area contributed by atoms with Crippen molar-refractivity contribution in [2.75, 3.05) is 6.61 Å². The molecule has 0 aromatic rings. The fourth-order valence-electron chi connectivity index (χ4n) is 9.19. The second-order valence-corrected chi connectivity index (χ2v) is 17.8. The van der Waals surface area contributed by atoms with Gasteiger partial charge < -0.3 is 43.7 Å². The lowest BCUT2D eigenvalue weighted by Crippen LogP contribution is -2.63. The van der Waals surface area contributed by atoms with Gasteiger partial charge in [-0.15, -0.1) is 0 Å². The number of carbonyl (C=O) groups is 5. The number of Topliss-reactive ketones (excluding diaryl/α,β-unsaturated/α-hetero) is 1. The van der Waals surface area contributed by atoms with E-state index in [1.807, 2.05) is 67.5 Å². The normalized spacial score (nSPS) is 32.3. The van der Waals surface area contributed by atoms with Gasteiger partial charge in [-0.1, -0.05) is 51.0 Å². The van der Waals surface area contributed by atoms with Gasteiger partial charge in [-0.05, 0) is 82.8 Å². The molecule has 0 aromatic carbocycles. The van der Waals surface area contributed by atoms with E-state index in [2.05, 4.69) is 0 Å². The third-order valence-electron chi connectivity index (χ3n) is 12.5. The van der Waals surface area contributed by atoms with Crippen LogP contribution in [0.5, 0.6) is 0 Å². The first-order valence-corrected chi connectivity index (χ1v) is 20.4. The van der Waals surface area contributed by atoms with E-state index >= 15 is 0 Å². The molecule has 0 spiro atoms. The van der Waals surface area contributed by atoms with Gasteiger partial charge in [0.25, 0.3) is 0 Å². The molecule has 0 unspecified atom stereocenters. The lowest BCUT2D eigenvalue weighted by molar-refractivity contribution is -0.329. The van der Waals surface area contributed by atoms with E-state index in [1.165, 1.54) is 27.7 Å². The highest BCUT2D eigenvalue weighted by molar-refractivity contribution is 5.87. The summed E-state index contributed by atoms with van der Waals surface area (Å²) < 4.78 is 35.2. The number of ether oxygens (including phenoxy) is 6. The summed E-state index contributed by atoms with van der Waals surface area (Å²) in [6.45, 7) is 20.1. The van der Waals surface area contributed by atoms with Gasteiger partial charge in [0, 0.05) is 51.9 Å². The largest absolute Gasteiger partial charge is 0.459 e. The summed E-state index contributed by atoms with van der Waals surface area (Å²) in [5.74, 6) is -2.35. The first kappa shape index (κ1) is 48.9. The van der Waals surface area contributed by atoms with Gasteiger partial charge in [0.05, 0.1) is 12.7 Å². The van der Waals surface area contributed by atoms with Crippen molar-refractivity contribution < 1.29 is 67.7 Å². The molecule has 2 fully saturated rings. The predicted molar refractivity (Wildman–Crippen MR) is 213 cm³/mol. The van der Waals surface area contributed by atoms with E-state index in [4.69, 9.17) is 28.4 Å². The summed E-state index contributed by atoms with van der Waals surface area (Å²) >= 11 is 0. The molecule has 1 saturated heterocycles. The Labute approximate surface area is 343 Å². The van der Waals surface area contributed by atoms with Gasteiger partial charge in [-0.2, -0.15) is 0 Å². The zero-order chi connectivity index (χ0) is 43.9. The highest BCUT2D eigenvalue weighted by atomic mass is 16.7. The average molecular weight is 821 g/mol. The molecule has 2 aliphatic carbocycles. The van der Waals surface area contributed by atoms with E-state index in [0.29, 0.717) is 50.5 Å². The molecule has 58 heavy (non-hydrogen) atoms. The second kappa shape index (κ2) is 20.2. The number of hydrogen-bond acceptors (Lipinski definition) is 14. The lowest BCUT2D eigenvalue weighted by atomic mass is 9.58. The van der Waals surface area contributed by atoms with Crippen LogP contribution in [-0.2, 0) is 52.4 Å². The van der Waals surface area contributed by atoms with Crippen LogP contribution in [0.1, 0.15) is 128 Å². The second-order valence-electron chi connectivity index (χ2n) is 17.8. The smallest absolute Gasteiger partial charge is 0.303 e. The highest BCUT2D eigenvalue weighted by Gasteiger charge is 2.56. The molecule has 0 aromatic heterocycles. The van der Waals surface area contributed by atoms with E-state index in [0.717, 1.165) is 11.1 Å². The number of ketones is 1. The monoisotopic (exact) mass is 820 g/mol. The third-order valence-corrected chi connectivity index (χ3v) is 12.5. The molecule has 14 heteroatoms. The first-order chi connectivity index (χ1) is 26.8. The van der Waals surface area contributed by atoms with Crippen LogP contribution in [0.15, 0.2) is 34.9 Å². The Balaban J connectivity index is 1.86. The summed E-state index contributed by atoms with van der Waals surface area (Å²) in [4.78, 5) is 61.7. The molecule has 1 heterocycles. The van der Waals surface area contributed by atoms with Crippen molar-refractivity contribution in [1.29, 1.82) is 0 Å². The van der Waals surface area contributed by atoms with Crippen molar-refractivity contribution in [3.63, 3.8) is 0 Å². The van der Waals surface area contributed by atoms with Crippen LogP contribution in [-0.4, -0.2) is 106 Å². The average Bonchev–Trinajstić information content (AvgIpc) is 3.10. The van der Waals surface area contributed by atoms with E-state index in [-0.39, 0.29) is 17.6 Å². The van der Waals surface area contributed by atoms with Crippen LogP contribution >= 0.6 is 0 Å². The molecule has 0 radical (unpaired) electrons. The van der Waals surface area contributed by atoms with Crippen molar-refractivity contribution in [2.45, 2.75) is 183 Å². The molecule has 0 amide bonds. The van der Waals surface area contributed by atoms with Gasteiger partial charge in [0.2, 0.25) is 0 Å². The molecular weight excluding hydrogens is 752 g/mol. The molecule has 3 N–H and O–H groups in total. The number of carbonyl (C=O) groups excluding carboxylic acids is 5. The fraction of sp³-hybridized carbons (Fsp3) is 0.750. The van der Waals surface area contributed by atoms with Crippen molar-refractivity contribution in [3.8, 4) is 0 Å². The molecule has 1 saturated carbocycles. The predicted octanol–water partition coefficient (Wildman–Crippen LogP) is 5.38. The number of allylic oxidation sites excluding steroid dienone is 3. The zero-order valence-electron chi connectivity index (χ0n) is 36.5. The molecule has 11 atom stereocenters. The lowest BCUT2D eigenvalue weighted by Gasteiger charge is -2.54. The number of aliphatic hydroxyl groups is 3. The van der Waals surface area contributed by atoms with Gasteiger partial charge >= 0.3 is 23.9 Å². The van der Waals surface area contributed by atoms with Crippen molar-refractivity contribution in [2.24, 2.45) is 22.7 Å². The Bertz CT molecular complexity index is 1590. The Morgan fingerprint density at radius 1 is 0.931 bits per heavy atom. The van der Waals surface area contributed by atoms with Crippen LogP contribution in [0, 0.1) is 22.7 Å². The summed E-state index contributed by atoms with van der Waals surface area (Å²) in [5, 5.41) is 31.1. The maximum absolute atomic E-state index is 12.8. The number of aliphatic hydroxyl groups excluding tert-OH is 3. The quantitative estimate of drug-likeness (QED) is 0.102. The van der Waals surface area contributed by atoms with Crippen molar-refractivity contribution >= 4 is 29.7 Å². The number of esters is 4. The van der Waals surface area contributed by atoms with Gasteiger partial charge in [-0.3, -0.25) is 24.0 Å². The van der Waals surface area contributed by atoms with Crippen LogP contribution in [0.25, 0.3) is 0 Å². The SMILES string of the molecule is CC(=O)O[C@H]1[C@H](O[C@@H]2CC[C@@](C)(OC(C)=O)[C@H](CC/C(C)=C/C[C@@H](/C=C(\C)[C@H](C[C@@H]3C(C)=CCC(=O)C3(C)C)OC(C)=O)OC(C)=O)C2(C)C)O[C@H](CO)[C@H](O)[C@@H]1O. The summed E-state index contributed by atoms with van der Waals surface area (Å²) in [5.41, 5.74) is 0.558. The maximum Gasteiger partial charge on any atom is 0.303 e. The summed E-state index contributed by atoms with van der Waals surface area (Å²) in [7, 11) is 0. The van der Waals surface area contributed by atoms with E-state index in [1.54, 1.807) is 6.08 Å². The van der Waals surface area contributed by atoms with Crippen molar-refractivity contribution in [1.82, 2.24) is 0 Å². The minimum Gasteiger partial charge on any atom is -0.459 e. The van der Waals surface area contributed by atoms with Crippen molar-refractivity contribution in [3.05, 3.63) is 34.9 Å². The molecule has 14 nitrogen and oxygen atoms in total. The Kier molecular flexibility index (Phi) is 17.1.